The molecule has 1 aromatic rings. The predicted octanol–water partition coefficient (Wildman–Crippen LogP) is 6.91. The summed E-state index contributed by atoms with van der Waals surface area (Å²) in [6, 6.07) is 10.4. The van der Waals surface area contributed by atoms with Crippen molar-refractivity contribution < 1.29 is 4.74 Å². The molecule has 0 atom stereocenters. The lowest BCUT2D eigenvalue weighted by atomic mass is 10.2. The van der Waals surface area contributed by atoms with Crippen LogP contribution < -0.4 is 0 Å². The lowest BCUT2D eigenvalue weighted by Crippen LogP contribution is -2.01. The van der Waals surface area contributed by atoms with E-state index in [0.717, 1.165) is 28.1 Å². The summed E-state index contributed by atoms with van der Waals surface area (Å²) in [5, 5.41) is 0.730. The van der Waals surface area contributed by atoms with Crippen molar-refractivity contribution in [2.75, 3.05) is 6.61 Å². The average Bonchev–Trinajstić information content (AvgIpc) is 2.49. The van der Waals surface area contributed by atoms with Crippen molar-refractivity contribution in [3.05, 3.63) is 69.3 Å². The number of hydrogen-bond acceptors (Lipinski definition) is 2. The van der Waals surface area contributed by atoms with Crippen molar-refractivity contribution in [3.63, 3.8) is 0 Å². The molecule has 0 unspecified atom stereocenters. The van der Waals surface area contributed by atoms with Gasteiger partial charge in [-0.3, -0.25) is 0 Å². The molecule has 126 valence electrons. The first kappa shape index (κ1) is 19.9. The molecule has 0 heterocycles. The quantitative estimate of drug-likeness (QED) is 0.372. The summed E-state index contributed by atoms with van der Waals surface area (Å²) < 4.78 is 5.89. The molecular formula is C20H27ClOS. The molecule has 3 heteroatoms. The number of benzene rings is 1. The van der Waals surface area contributed by atoms with E-state index < -0.39 is 0 Å². The zero-order chi connectivity index (χ0) is 17.2. The summed E-state index contributed by atoms with van der Waals surface area (Å²) in [6.45, 7) is 11.1. The summed E-state index contributed by atoms with van der Waals surface area (Å²) >= 11 is 8.10. The summed E-state index contributed by atoms with van der Waals surface area (Å²) in [5.74, 6) is 2.33. The highest BCUT2D eigenvalue weighted by Crippen LogP contribution is 2.28. The van der Waals surface area contributed by atoms with Gasteiger partial charge in [0.15, 0.2) is 0 Å². The molecule has 0 aliphatic carbocycles. The van der Waals surface area contributed by atoms with Crippen molar-refractivity contribution >= 4 is 23.4 Å². The predicted molar refractivity (Wildman–Crippen MR) is 105 cm³/mol. The lowest BCUT2D eigenvalue weighted by molar-refractivity contribution is 0.180. The van der Waals surface area contributed by atoms with Gasteiger partial charge in [0.1, 0.15) is 5.76 Å². The standard InChI is InChI=1S/C20H27ClOS/c1-15(2)11-19(21)12-20(17(5)22-13-16(3)4)23-14-18-9-7-6-8-10-18/h6-12,16H,13-14H2,1-5H3/b19-12+,20-17-. The van der Waals surface area contributed by atoms with Crippen molar-refractivity contribution in [2.45, 2.75) is 40.4 Å². The smallest absolute Gasteiger partial charge is 0.106 e. The Morgan fingerprint density at radius 3 is 2.35 bits per heavy atom. The number of hydrogen-bond donors (Lipinski definition) is 0. The van der Waals surface area contributed by atoms with E-state index in [0.29, 0.717) is 5.92 Å². The average molecular weight is 351 g/mol. The summed E-state index contributed by atoms with van der Waals surface area (Å²) in [5.41, 5.74) is 2.47. The van der Waals surface area contributed by atoms with Gasteiger partial charge >= 0.3 is 0 Å². The Labute approximate surface area is 150 Å². The minimum absolute atomic E-state index is 0.502. The molecule has 23 heavy (non-hydrogen) atoms. The van der Waals surface area contributed by atoms with Gasteiger partial charge in [-0.2, -0.15) is 0 Å². The van der Waals surface area contributed by atoms with E-state index in [2.05, 4.69) is 38.1 Å². The van der Waals surface area contributed by atoms with Gasteiger partial charge in [-0.1, -0.05) is 61.4 Å². The van der Waals surface area contributed by atoms with Crippen LogP contribution in [-0.4, -0.2) is 6.61 Å². The highest BCUT2D eigenvalue weighted by molar-refractivity contribution is 8.02. The van der Waals surface area contributed by atoms with E-state index in [9.17, 15) is 0 Å². The van der Waals surface area contributed by atoms with Gasteiger partial charge in [-0.05, 0) is 44.4 Å². The van der Waals surface area contributed by atoms with Gasteiger partial charge in [0.2, 0.25) is 0 Å². The topological polar surface area (TPSA) is 9.23 Å². The minimum Gasteiger partial charge on any atom is -0.497 e. The molecule has 0 aliphatic heterocycles. The first-order valence-electron chi connectivity index (χ1n) is 7.91. The molecule has 1 aromatic carbocycles. The second-order valence-electron chi connectivity index (χ2n) is 6.15. The molecule has 0 bridgehead atoms. The number of allylic oxidation sites excluding steroid dienone is 5. The first-order chi connectivity index (χ1) is 10.9. The van der Waals surface area contributed by atoms with Crippen LogP contribution in [0.3, 0.4) is 0 Å². The second-order valence-corrected chi connectivity index (χ2v) is 7.60. The fourth-order valence-corrected chi connectivity index (χ4v) is 3.16. The summed E-state index contributed by atoms with van der Waals surface area (Å²) in [4.78, 5) is 1.08. The van der Waals surface area contributed by atoms with Gasteiger partial charge in [0.25, 0.3) is 0 Å². The van der Waals surface area contributed by atoms with Gasteiger partial charge in [-0.25, -0.2) is 0 Å². The highest BCUT2D eigenvalue weighted by atomic mass is 35.5. The molecule has 1 rings (SSSR count). The van der Waals surface area contributed by atoms with Crippen molar-refractivity contribution in [1.82, 2.24) is 0 Å². The fourth-order valence-electron chi connectivity index (χ4n) is 1.79. The molecule has 0 N–H and O–H groups in total. The molecule has 0 radical (unpaired) electrons. The Kier molecular flexibility index (Phi) is 9.20. The van der Waals surface area contributed by atoms with Crippen molar-refractivity contribution in [3.8, 4) is 0 Å². The monoisotopic (exact) mass is 350 g/mol. The Balaban J connectivity index is 2.91. The maximum atomic E-state index is 6.34. The van der Waals surface area contributed by atoms with Crippen LogP contribution in [-0.2, 0) is 10.5 Å². The summed E-state index contributed by atoms with van der Waals surface area (Å²) in [7, 11) is 0. The van der Waals surface area contributed by atoms with Gasteiger partial charge in [0.05, 0.1) is 6.61 Å². The first-order valence-corrected chi connectivity index (χ1v) is 9.27. The maximum Gasteiger partial charge on any atom is 0.106 e. The summed E-state index contributed by atoms with van der Waals surface area (Å²) in [6.07, 6.45) is 3.97. The lowest BCUT2D eigenvalue weighted by Gasteiger charge is -2.13. The van der Waals surface area contributed by atoms with E-state index in [1.165, 1.54) is 11.1 Å². The van der Waals surface area contributed by atoms with Crippen LogP contribution in [0.15, 0.2) is 63.8 Å². The van der Waals surface area contributed by atoms with Crippen LogP contribution in [0.4, 0.5) is 0 Å². The Bertz CT molecular complexity index is 567. The van der Waals surface area contributed by atoms with Crippen LogP contribution in [0.5, 0.6) is 0 Å². The number of thioether (sulfide) groups is 1. The molecular weight excluding hydrogens is 324 g/mol. The van der Waals surface area contributed by atoms with Crippen LogP contribution in [0.25, 0.3) is 0 Å². The van der Waals surface area contributed by atoms with E-state index in [-0.39, 0.29) is 0 Å². The van der Waals surface area contributed by atoms with Crippen molar-refractivity contribution in [2.24, 2.45) is 5.92 Å². The number of rotatable bonds is 8. The largest absolute Gasteiger partial charge is 0.497 e. The Hall–Kier alpha value is -1.12. The fraction of sp³-hybridized carbons (Fsp3) is 0.400. The molecule has 0 aliphatic rings. The van der Waals surface area contributed by atoms with Crippen LogP contribution in [0.1, 0.15) is 40.2 Å². The van der Waals surface area contributed by atoms with E-state index in [1.807, 2.05) is 39.0 Å². The molecule has 0 saturated carbocycles. The zero-order valence-electron chi connectivity index (χ0n) is 14.7. The van der Waals surface area contributed by atoms with E-state index in [1.54, 1.807) is 11.8 Å². The minimum atomic E-state index is 0.502. The van der Waals surface area contributed by atoms with Crippen molar-refractivity contribution in [1.29, 1.82) is 0 Å². The molecule has 0 spiro atoms. The third kappa shape index (κ3) is 8.92. The molecule has 0 fully saturated rings. The van der Waals surface area contributed by atoms with Gasteiger partial charge in [-0.15, -0.1) is 11.8 Å². The second kappa shape index (κ2) is 10.6. The third-order valence-electron chi connectivity index (χ3n) is 2.91. The normalized spacial score (nSPS) is 12.9. The van der Waals surface area contributed by atoms with Gasteiger partial charge < -0.3 is 4.74 Å². The molecule has 0 aromatic heterocycles. The third-order valence-corrected chi connectivity index (χ3v) is 4.33. The van der Waals surface area contributed by atoms with Crippen LogP contribution in [0.2, 0.25) is 0 Å². The maximum absolute atomic E-state index is 6.34. The number of ether oxygens (including phenoxy) is 1. The van der Waals surface area contributed by atoms with Crippen LogP contribution >= 0.6 is 23.4 Å². The molecule has 0 amide bonds. The Morgan fingerprint density at radius 1 is 1.13 bits per heavy atom. The van der Waals surface area contributed by atoms with E-state index in [4.69, 9.17) is 16.3 Å². The highest BCUT2D eigenvalue weighted by Gasteiger charge is 2.06. The molecule has 1 nitrogen and oxygen atoms in total. The van der Waals surface area contributed by atoms with Gasteiger partial charge in [0, 0.05) is 15.7 Å². The molecule has 0 saturated heterocycles. The SMILES string of the molecule is CC(C)=C/C(Cl)=C\C(SCc1ccccc1)=C(/C)OCC(C)C. The van der Waals surface area contributed by atoms with E-state index >= 15 is 0 Å². The Morgan fingerprint density at radius 2 is 1.78 bits per heavy atom. The number of halogens is 1. The van der Waals surface area contributed by atoms with Crippen LogP contribution in [0, 0.1) is 5.92 Å². The zero-order valence-corrected chi connectivity index (χ0v) is 16.3.